The van der Waals surface area contributed by atoms with E-state index in [1.807, 2.05) is 53.1 Å². The summed E-state index contributed by atoms with van der Waals surface area (Å²) in [5, 5.41) is 16.1. The lowest BCUT2D eigenvalue weighted by Crippen LogP contribution is -2.69. The molecular weight excluding hydrogens is 675 g/mol. The molecular formula is C36H39F5N6O2S+2. The maximum Gasteiger partial charge on any atom is 0.518 e. The van der Waals surface area contributed by atoms with E-state index in [0.29, 0.717) is 45.2 Å². The van der Waals surface area contributed by atoms with Crippen LogP contribution < -0.4 is 0 Å². The molecule has 2 aliphatic rings. The van der Waals surface area contributed by atoms with Gasteiger partial charge in [0.15, 0.2) is 0 Å². The highest BCUT2D eigenvalue weighted by Gasteiger charge is 2.77. The summed E-state index contributed by atoms with van der Waals surface area (Å²) in [5.74, 6) is -1.22. The second-order valence-electron chi connectivity index (χ2n) is 12.6. The number of alkyl halides is 5. The molecule has 264 valence electrons. The average Bonchev–Trinajstić information content (AvgIpc) is 3.07. The minimum Gasteiger partial charge on any atom is -0.230 e. The Hall–Kier alpha value is -4.66. The smallest absolute Gasteiger partial charge is 0.230 e. The third-order valence-corrected chi connectivity index (χ3v) is 12.0. The van der Waals surface area contributed by atoms with Gasteiger partial charge in [0, 0.05) is 55.7 Å². The van der Waals surface area contributed by atoms with E-state index in [9.17, 15) is 40.9 Å². The Morgan fingerprint density at radius 1 is 0.900 bits per heavy atom. The molecule has 1 heterocycles. The maximum atomic E-state index is 14.9. The molecule has 3 rings (SSSR count). The van der Waals surface area contributed by atoms with Crippen molar-refractivity contribution in [3.05, 3.63) is 83.6 Å². The zero-order valence-electron chi connectivity index (χ0n) is 27.8. The van der Waals surface area contributed by atoms with Crippen molar-refractivity contribution in [1.82, 2.24) is 0 Å². The van der Waals surface area contributed by atoms with Crippen LogP contribution in [0.4, 0.5) is 33.3 Å². The molecule has 1 aliphatic carbocycles. The summed E-state index contributed by atoms with van der Waals surface area (Å²) in [5.41, 5.74) is -0.524. The summed E-state index contributed by atoms with van der Waals surface area (Å²) < 4.78 is 95.8. The van der Waals surface area contributed by atoms with E-state index in [-0.39, 0.29) is 19.3 Å². The number of hydrogen-bond acceptors (Lipinski definition) is 4. The van der Waals surface area contributed by atoms with Crippen molar-refractivity contribution < 1.29 is 39.5 Å². The summed E-state index contributed by atoms with van der Waals surface area (Å²) in [4.78, 5) is 5.12. The molecule has 0 aromatic heterocycles. The van der Waals surface area contributed by atoms with Gasteiger partial charge in [-0.1, -0.05) is 19.4 Å². The molecule has 14 heteroatoms. The molecule has 0 amide bonds. The molecule has 8 nitrogen and oxygen atoms in total. The molecule has 0 saturated carbocycles. The van der Waals surface area contributed by atoms with E-state index >= 15 is 0 Å². The van der Waals surface area contributed by atoms with Crippen molar-refractivity contribution in [3.8, 4) is 12.1 Å². The van der Waals surface area contributed by atoms with Crippen LogP contribution in [0.1, 0.15) is 64.7 Å². The lowest BCUT2D eigenvalue weighted by Gasteiger charge is -2.48. The van der Waals surface area contributed by atoms with E-state index in [2.05, 4.69) is 23.0 Å². The Balaban J connectivity index is 1.57. The molecule has 50 heavy (non-hydrogen) atoms. The Kier molecular flexibility index (Phi) is 12.7. The summed E-state index contributed by atoms with van der Waals surface area (Å²) in [7, 11) is -4.53. The van der Waals surface area contributed by atoms with E-state index in [4.69, 9.17) is 13.1 Å². The molecule has 0 bridgehead atoms. The highest BCUT2D eigenvalue weighted by Crippen LogP contribution is 2.56. The molecule has 1 saturated heterocycles. The Morgan fingerprint density at radius 2 is 1.42 bits per heavy atom. The normalized spacial score (nSPS) is 21.6. The number of hydrogen-bond donors (Lipinski definition) is 0. The quantitative estimate of drug-likeness (QED) is 0.0567. The van der Waals surface area contributed by atoms with Crippen LogP contribution in [0, 0.1) is 41.7 Å². The first kappa shape index (κ1) is 39.8. The molecule has 0 spiro atoms. The van der Waals surface area contributed by atoms with Crippen molar-refractivity contribution in [2.24, 2.45) is 5.92 Å². The van der Waals surface area contributed by atoms with Gasteiger partial charge in [-0.3, -0.25) is 0 Å². The summed E-state index contributed by atoms with van der Waals surface area (Å²) in [6.07, 6.45) is 1.79. The van der Waals surface area contributed by atoms with Gasteiger partial charge in [0.25, 0.3) is 4.75 Å². The summed E-state index contributed by atoms with van der Waals surface area (Å²) in [6, 6.07) is 10.6. The van der Waals surface area contributed by atoms with Crippen molar-refractivity contribution in [1.29, 1.82) is 10.5 Å². The largest absolute Gasteiger partial charge is 0.518 e. The Labute approximate surface area is 290 Å². The Bertz CT molecular complexity index is 1790. The lowest BCUT2D eigenvalue weighted by molar-refractivity contribution is -0.441. The zero-order chi connectivity index (χ0) is 37.4. The number of allylic oxidation sites excluding steroid dienone is 5. The van der Waals surface area contributed by atoms with Gasteiger partial charge in [0.05, 0.1) is 5.92 Å². The Morgan fingerprint density at radius 3 is 1.96 bits per heavy atom. The topological polar surface area (TPSA) is 96.5 Å². The molecule has 0 N–H and O–H groups in total. The van der Waals surface area contributed by atoms with Crippen molar-refractivity contribution in [2.45, 2.75) is 92.5 Å². The van der Waals surface area contributed by atoms with E-state index < -0.39 is 49.9 Å². The summed E-state index contributed by atoms with van der Waals surface area (Å²) >= 11 is 0. The predicted octanol–water partition coefficient (Wildman–Crippen LogP) is 8.26. The van der Waals surface area contributed by atoms with Crippen LogP contribution in [-0.4, -0.2) is 70.8 Å². The third kappa shape index (κ3) is 7.72. The van der Waals surface area contributed by atoms with Gasteiger partial charge in [-0.2, -0.15) is 28.3 Å². The zero-order valence-corrected chi connectivity index (χ0v) is 28.6. The molecule has 3 unspecified atom stereocenters. The molecule has 1 aliphatic heterocycles. The van der Waals surface area contributed by atoms with Crippen LogP contribution in [0.3, 0.4) is 0 Å². The summed E-state index contributed by atoms with van der Waals surface area (Å²) in [6.45, 7) is 23.6. The third-order valence-electron chi connectivity index (χ3n) is 9.39. The van der Waals surface area contributed by atoms with Crippen LogP contribution >= 0.6 is 0 Å². The molecule has 1 fully saturated rings. The van der Waals surface area contributed by atoms with Crippen molar-refractivity contribution in [2.75, 3.05) is 13.1 Å². The second-order valence-corrected chi connectivity index (χ2v) is 15.1. The fourth-order valence-corrected chi connectivity index (χ4v) is 8.36. The second kappa shape index (κ2) is 15.9. The number of nitriles is 2. The van der Waals surface area contributed by atoms with Gasteiger partial charge in [-0.25, -0.2) is 44.6 Å². The van der Waals surface area contributed by atoms with Gasteiger partial charge in [-0.15, -0.1) is 0 Å². The van der Waals surface area contributed by atoms with Crippen LogP contribution in [0.15, 0.2) is 60.7 Å². The predicted molar refractivity (Wildman–Crippen MR) is 180 cm³/mol. The van der Waals surface area contributed by atoms with Gasteiger partial charge >= 0.3 is 18.0 Å². The number of rotatable bonds is 16. The fourth-order valence-electron chi connectivity index (χ4n) is 6.30. The highest BCUT2D eigenvalue weighted by atomic mass is 32.2. The van der Waals surface area contributed by atoms with Crippen LogP contribution in [-0.2, 0) is 9.84 Å². The van der Waals surface area contributed by atoms with Crippen molar-refractivity contribution in [3.63, 3.8) is 0 Å². The fraction of sp³-hybridized carbons (Fsp3) is 0.500. The van der Waals surface area contributed by atoms with Gasteiger partial charge < -0.3 is 0 Å². The van der Waals surface area contributed by atoms with Crippen LogP contribution in [0.2, 0.25) is 0 Å². The molecule has 1 aromatic carbocycles. The highest BCUT2D eigenvalue weighted by molar-refractivity contribution is 7.96. The standard InChI is InChI=1S/C36H39F5N6O2S/c1-27-14-16-29(17-15-27)47(24-12-7-6-10-22-35(38,36(39,40)41)32(44-3)45-4)30-20-18-28(19-21-30)46(5)23-11-8-9-13-31-33(2,37)50(48,49)34(31,25-42)26-43/h14-21,31-32H,1,5-13,22-24H2,2H3/q+2. The first-order chi connectivity index (χ1) is 23.5. The number of benzene rings is 1. The number of halogens is 5. The van der Waals surface area contributed by atoms with Gasteiger partial charge in [-0.05, 0) is 50.3 Å². The number of sulfone groups is 1. The SMILES string of the molecule is [C-]#[N+]C([N+]#[C-])C(F)(CCCCCC[N+](=C1C=CC(=C)C=C1)c1ccc([N+](=C)CCCCCC2C(C)(F)S(=O)(=O)C2(C#N)C#N)cc1)C(F)(F)F. The first-order valence-electron chi connectivity index (χ1n) is 16.1. The number of nitrogens with zero attached hydrogens (tertiary/aromatic N) is 6. The first-order valence-corrected chi connectivity index (χ1v) is 17.6. The monoisotopic (exact) mass is 714 g/mol. The van der Waals surface area contributed by atoms with E-state index in [1.165, 1.54) is 12.1 Å². The van der Waals surface area contributed by atoms with Crippen molar-refractivity contribution >= 4 is 33.6 Å². The molecule has 0 radical (unpaired) electrons. The van der Waals surface area contributed by atoms with Crippen LogP contribution in [0.25, 0.3) is 9.69 Å². The van der Waals surface area contributed by atoms with Gasteiger partial charge in [0.1, 0.15) is 31.9 Å². The van der Waals surface area contributed by atoms with E-state index in [0.717, 1.165) is 29.6 Å². The lowest BCUT2D eigenvalue weighted by atomic mass is 9.83. The average molecular weight is 715 g/mol. The van der Waals surface area contributed by atoms with E-state index in [1.54, 1.807) is 4.58 Å². The van der Waals surface area contributed by atoms with Crippen LogP contribution in [0.5, 0.6) is 0 Å². The molecule has 1 aromatic rings. The minimum atomic E-state index is -5.31. The number of unbranched alkanes of at least 4 members (excludes halogenated alkanes) is 5. The maximum absolute atomic E-state index is 14.9. The minimum absolute atomic E-state index is 0.0825. The molecule has 3 atom stereocenters. The van der Waals surface area contributed by atoms with Gasteiger partial charge in [0.2, 0.25) is 31.9 Å².